The van der Waals surface area contributed by atoms with E-state index in [-0.39, 0.29) is 10.6 Å². The molecule has 0 aromatic carbocycles. The first-order valence-electron chi connectivity index (χ1n) is 6.90. The van der Waals surface area contributed by atoms with E-state index in [0.29, 0.717) is 29.0 Å². The average Bonchev–Trinajstić information content (AvgIpc) is 2.85. The Hall–Kier alpha value is -1.14. The molecule has 1 heterocycles. The van der Waals surface area contributed by atoms with Crippen LogP contribution in [0.25, 0.3) is 0 Å². The summed E-state index contributed by atoms with van der Waals surface area (Å²) in [5.74, 6) is 0. The smallest absolute Gasteiger partial charge is 0.278 e. The summed E-state index contributed by atoms with van der Waals surface area (Å²) in [4.78, 5) is 15.2. The number of pyridine rings is 1. The number of hydrogen-bond acceptors (Lipinski definition) is 5. The van der Waals surface area contributed by atoms with E-state index in [0.717, 1.165) is 5.69 Å². The molecule has 0 amide bonds. The van der Waals surface area contributed by atoms with Crippen molar-refractivity contribution in [2.75, 3.05) is 6.26 Å². The van der Waals surface area contributed by atoms with Gasteiger partial charge < -0.3 is 5.32 Å². The van der Waals surface area contributed by atoms with Crippen LogP contribution in [-0.4, -0.2) is 27.5 Å². The Morgan fingerprint density at radius 1 is 1.50 bits per heavy atom. The maximum absolute atomic E-state index is 11.1. The molecule has 0 bridgehead atoms. The molecule has 1 saturated carbocycles. The molecule has 2 atom stereocenters. The van der Waals surface area contributed by atoms with Gasteiger partial charge in [-0.05, 0) is 32.9 Å². The summed E-state index contributed by atoms with van der Waals surface area (Å²) in [5, 5.41) is 15.3. The minimum Gasteiger partial charge on any atom is -0.307 e. The fourth-order valence-electron chi connectivity index (χ4n) is 2.89. The number of aromatic nitrogens is 1. The van der Waals surface area contributed by atoms with E-state index in [9.17, 15) is 10.1 Å². The molecule has 5 nitrogen and oxygen atoms in total. The van der Waals surface area contributed by atoms with Crippen molar-refractivity contribution in [1.29, 1.82) is 0 Å². The average molecular weight is 295 g/mol. The van der Waals surface area contributed by atoms with Gasteiger partial charge in [0.1, 0.15) is 0 Å². The normalized spacial score (nSPS) is 22.1. The van der Waals surface area contributed by atoms with Crippen molar-refractivity contribution < 1.29 is 4.92 Å². The first-order valence-corrected chi connectivity index (χ1v) is 8.19. The molecule has 1 aliphatic rings. The summed E-state index contributed by atoms with van der Waals surface area (Å²) in [7, 11) is 0. The predicted octanol–water partition coefficient (Wildman–Crippen LogP) is 2.98. The minimum atomic E-state index is -0.309. The van der Waals surface area contributed by atoms with Gasteiger partial charge in [0, 0.05) is 35.2 Å². The molecule has 0 radical (unpaired) electrons. The highest BCUT2D eigenvalue weighted by Crippen LogP contribution is 2.29. The van der Waals surface area contributed by atoms with E-state index in [1.54, 1.807) is 20.0 Å². The van der Waals surface area contributed by atoms with Gasteiger partial charge in [0.2, 0.25) is 0 Å². The van der Waals surface area contributed by atoms with Gasteiger partial charge in [-0.1, -0.05) is 6.42 Å². The SMILES string of the molecule is CSC1CCCC1NCc1ncc(C)c([N+](=O)[O-])c1C. The van der Waals surface area contributed by atoms with E-state index in [2.05, 4.69) is 16.6 Å². The number of rotatable bonds is 5. The van der Waals surface area contributed by atoms with Crippen LogP contribution in [-0.2, 0) is 6.54 Å². The van der Waals surface area contributed by atoms with E-state index in [4.69, 9.17) is 0 Å². The number of aryl methyl sites for hydroxylation is 1. The predicted molar refractivity (Wildman–Crippen MR) is 82.1 cm³/mol. The molecule has 110 valence electrons. The molecule has 2 rings (SSSR count). The second kappa shape index (κ2) is 6.54. The van der Waals surface area contributed by atoms with Crippen LogP contribution in [0.2, 0.25) is 0 Å². The summed E-state index contributed by atoms with van der Waals surface area (Å²) in [6.07, 6.45) is 7.43. The zero-order valence-corrected chi connectivity index (χ0v) is 13.0. The van der Waals surface area contributed by atoms with Crippen molar-refractivity contribution in [3.63, 3.8) is 0 Å². The van der Waals surface area contributed by atoms with Gasteiger partial charge >= 0.3 is 0 Å². The van der Waals surface area contributed by atoms with Gasteiger partial charge in [-0.3, -0.25) is 15.1 Å². The number of hydrogen-bond donors (Lipinski definition) is 1. The number of nitro groups is 1. The molecule has 1 N–H and O–H groups in total. The van der Waals surface area contributed by atoms with Crippen LogP contribution in [0.15, 0.2) is 6.20 Å². The fourth-order valence-corrected chi connectivity index (χ4v) is 3.86. The molecule has 1 aliphatic carbocycles. The number of nitrogens with one attached hydrogen (secondary N) is 1. The molecular formula is C14H21N3O2S. The molecule has 0 aliphatic heterocycles. The molecular weight excluding hydrogens is 274 g/mol. The lowest BCUT2D eigenvalue weighted by molar-refractivity contribution is -0.386. The Morgan fingerprint density at radius 2 is 2.25 bits per heavy atom. The fraction of sp³-hybridized carbons (Fsp3) is 0.643. The van der Waals surface area contributed by atoms with E-state index in [1.807, 2.05) is 11.8 Å². The first-order chi connectivity index (χ1) is 9.54. The van der Waals surface area contributed by atoms with Crippen LogP contribution >= 0.6 is 11.8 Å². The topological polar surface area (TPSA) is 68.1 Å². The third-order valence-corrected chi connectivity index (χ3v) is 5.21. The highest BCUT2D eigenvalue weighted by atomic mass is 32.2. The molecule has 0 saturated heterocycles. The standard InChI is InChI=1S/C14H21N3O2S/c1-9-7-15-12(10(2)14(9)17(18)19)8-16-11-5-4-6-13(11)20-3/h7,11,13,16H,4-6,8H2,1-3H3. The zero-order valence-electron chi connectivity index (χ0n) is 12.2. The minimum absolute atomic E-state index is 0.199. The second-order valence-electron chi connectivity index (χ2n) is 5.31. The first kappa shape index (κ1) is 15.3. The summed E-state index contributed by atoms with van der Waals surface area (Å²) in [6.45, 7) is 4.13. The van der Waals surface area contributed by atoms with Crippen molar-refractivity contribution in [3.05, 3.63) is 33.1 Å². The summed E-state index contributed by atoms with van der Waals surface area (Å²) < 4.78 is 0. The Morgan fingerprint density at radius 3 is 2.90 bits per heavy atom. The van der Waals surface area contributed by atoms with Crippen molar-refractivity contribution in [3.8, 4) is 0 Å². The zero-order chi connectivity index (χ0) is 14.7. The molecule has 20 heavy (non-hydrogen) atoms. The lowest BCUT2D eigenvalue weighted by Crippen LogP contribution is -2.34. The van der Waals surface area contributed by atoms with E-state index < -0.39 is 0 Å². The van der Waals surface area contributed by atoms with Crippen molar-refractivity contribution in [2.45, 2.75) is 50.9 Å². The van der Waals surface area contributed by atoms with Gasteiger partial charge in [0.15, 0.2) is 0 Å². The van der Waals surface area contributed by atoms with Crippen molar-refractivity contribution in [1.82, 2.24) is 10.3 Å². The molecule has 1 aromatic rings. The maximum atomic E-state index is 11.1. The second-order valence-corrected chi connectivity index (χ2v) is 6.39. The number of thioether (sulfide) groups is 1. The van der Waals surface area contributed by atoms with Crippen LogP contribution < -0.4 is 5.32 Å². The maximum Gasteiger partial charge on any atom is 0.278 e. The van der Waals surface area contributed by atoms with Crippen LogP contribution in [0.1, 0.15) is 36.1 Å². The molecule has 1 fully saturated rings. The van der Waals surface area contributed by atoms with Crippen LogP contribution in [0.3, 0.4) is 0 Å². The van der Waals surface area contributed by atoms with Gasteiger partial charge in [-0.25, -0.2) is 0 Å². The molecule has 0 spiro atoms. The Labute approximate surface area is 123 Å². The Kier molecular flexibility index (Phi) is 4.99. The van der Waals surface area contributed by atoms with Crippen molar-refractivity contribution in [2.24, 2.45) is 0 Å². The summed E-state index contributed by atoms with van der Waals surface area (Å²) in [5.41, 5.74) is 2.29. The van der Waals surface area contributed by atoms with Gasteiger partial charge in [0.25, 0.3) is 5.69 Å². The van der Waals surface area contributed by atoms with E-state index in [1.165, 1.54) is 19.3 Å². The molecule has 2 unspecified atom stereocenters. The Bertz CT molecular complexity index is 507. The van der Waals surface area contributed by atoms with Gasteiger partial charge in [-0.2, -0.15) is 11.8 Å². The highest BCUT2D eigenvalue weighted by molar-refractivity contribution is 7.99. The highest BCUT2D eigenvalue weighted by Gasteiger charge is 2.26. The third-order valence-electron chi connectivity index (χ3n) is 4.05. The summed E-state index contributed by atoms with van der Waals surface area (Å²) in [6, 6.07) is 0.492. The Balaban J connectivity index is 2.10. The number of nitrogens with zero attached hydrogens (tertiary/aromatic N) is 2. The van der Waals surface area contributed by atoms with Gasteiger partial charge in [-0.15, -0.1) is 0 Å². The lowest BCUT2D eigenvalue weighted by atomic mass is 10.1. The monoisotopic (exact) mass is 295 g/mol. The lowest BCUT2D eigenvalue weighted by Gasteiger charge is -2.19. The third kappa shape index (κ3) is 3.12. The van der Waals surface area contributed by atoms with Crippen molar-refractivity contribution >= 4 is 17.4 Å². The van der Waals surface area contributed by atoms with Crippen LogP contribution in [0.5, 0.6) is 0 Å². The van der Waals surface area contributed by atoms with Crippen LogP contribution in [0.4, 0.5) is 5.69 Å². The summed E-state index contributed by atoms with van der Waals surface area (Å²) >= 11 is 1.90. The molecule has 6 heteroatoms. The largest absolute Gasteiger partial charge is 0.307 e. The quantitative estimate of drug-likeness (QED) is 0.668. The van der Waals surface area contributed by atoms with E-state index >= 15 is 0 Å². The van der Waals surface area contributed by atoms with Gasteiger partial charge in [0.05, 0.1) is 10.6 Å². The molecule has 1 aromatic heterocycles. The van der Waals surface area contributed by atoms with Crippen LogP contribution in [0, 0.1) is 24.0 Å².